The molecule has 4 atom stereocenters. The summed E-state index contributed by atoms with van der Waals surface area (Å²) in [5.74, 6) is 1.98. The van der Waals surface area contributed by atoms with E-state index in [0.717, 1.165) is 33.9 Å². The maximum atomic E-state index is 13.2. The molecule has 5 heterocycles. The van der Waals surface area contributed by atoms with Crippen molar-refractivity contribution in [1.82, 2.24) is 35.0 Å². The largest absolute Gasteiger partial charge is 0.436 e. The Hall–Kier alpha value is -4.69. The van der Waals surface area contributed by atoms with Gasteiger partial charge in [0.05, 0.1) is 40.9 Å². The fourth-order valence-corrected chi connectivity index (χ4v) is 6.06. The molecule has 2 fully saturated rings. The zero-order chi connectivity index (χ0) is 28.9. The number of aromatic nitrogens is 6. The number of piperidine rings is 1. The second-order valence-corrected chi connectivity index (χ2v) is 10.9. The van der Waals surface area contributed by atoms with Crippen LogP contribution in [0.2, 0.25) is 5.02 Å². The van der Waals surface area contributed by atoms with Crippen LogP contribution in [0.4, 0.5) is 19.0 Å². The molecule has 4 N–H and O–H groups in total. The minimum Gasteiger partial charge on any atom is -0.380 e. The smallest absolute Gasteiger partial charge is 0.380 e. The zero-order valence-corrected chi connectivity index (χ0v) is 22.0. The molecule has 3 aliphatic rings. The first-order valence-corrected chi connectivity index (χ1v) is 13.3. The summed E-state index contributed by atoms with van der Waals surface area (Å²) in [7, 11) is 0. The van der Waals surface area contributed by atoms with Gasteiger partial charge in [0.25, 0.3) is 0 Å². The van der Waals surface area contributed by atoms with Crippen LogP contribution in [0.1, 0.15) is 29.5 Å². The molecule has 3 aromatic heterocycles. The predicted octanol–water partition coefficient (Wildman–Crippen LogP) is 4.82. The molecule has 0 radical (unpaired) electrons. The van der Waals surface area contributed by atoms with Crippen molar-refractivity contribution in [3.05, 3.63) is 77.0 Å². The number of nitrogens with two attached hydrogens (primary N) is 1. The zero-order valence-electron chi connectivity index (χ0n) is 21.3. The average Bonchev–Trinajstić information content (AvgIpc) is 3.37. The van der Waals surface area contributed by atoms with Crippen molar-refractivity contribution in [2.75, 3.05) is 5.73 Å². The van der Waals surface area contributed by atoms with E-state index in [-0.39, 0.29) is 17.9 Å². The number of aliphatic imine (C=N–C) groups is 1. The number of hydrogen-bond donors (Lipinski definition) is 3. The van der Waals surface area contributed by atoms with Gasteiger partial charge < -0.3 is 25.2 Å². The van der Waals surface area contributed by atoms with E-state index >= 15 is 0 Å². The highest BCUT2D eigenvalue weighted by atomic mass is 35.5. The number of hydrogen-bond acceptors (Lipinski definition) is 9. The molecule has 8 rings (SSSR count). The lowest BCUT2D eigenvalue weighted by atomic mass is 10.1. The molecule has 1 saturated heterocycles. The summed E-state index contributed by atoms with van der Waals surface area (Å²) < 4.78 is 45.9. The number of amidine groups is 1. The maximum Gasteiger partial charge on any atom is 0.436 e. The monoisotopic (exact) mass is 593 g/mol. The first kappa shape index (κ1) is 25.1. The van der Waals surface area contributed by atoms with Crippen molar-refractivity contribution in [1.29, 1.82) is 0 Å². The Morgan fingerprint density at radius 2 is 2.02 bits per heavy atom. The number of H-pyrrole nitrogens is 1. The summed E-state index contributed by atoms with van der Waals surface area (Å²) in [6, 6.07) is 9.98. The lowest BCUT2D eigenvalue weighted by Crippen LogP contribution is -2.41. The number of nitrogens with one attached hydrogen (secondary N) is 1. The van der Waals surface area contributed by atoms with E-state index in [2.05, 4.69) is 25.4 Å². The van der Waals surface area contributed by atoms with Crippen molar-refractivity contribution in [2.45, 2.75) is 24.9 Å². The van der Waals surface area contributed by atoms with Gasteiger partial charge in [0, 0.05) is 22.1 Å². The maximum absolute atomic E-state index is 13.2. The quantitative estimate of drug-likeness (QED) is 0.269. The average molecular weight is 594 g/mol. The summed E-state index contributed by atoms with van der Waals surface area (Å²) in [4.78, 5) is 14.7. The number of imidazole rings is 1. The standard InChI is InChI=1S/C27H19ClF3N9O2/c28-12-2-4-19(39-10-21(36-38-39)27(29,30)31)16(6-12)17-8-22(41)40-23(14-7-15(14)26(40)35-17)25-33-9-18(34-25)11-1-3-13-20(5-11)42-37-24(13)32/h1-6,8-10,14-15,22-23,41H,7H2,(H2,32,37)(H,33,34). The Kier molecular flexibility index (Phi) is 5.16. The third-order valence-electron chi connectivity index (χ3n) is 7.92. The predicted molar refractivity (Wildman–Crippen MR) is 145 cm³/mol. The van der Waals surface area contributed by atoms with Crippen LogP contribution in [-0.4, -0.2) is 52.2 Å². The molecule has 42 heavy (non-hydrogen) atoms. The van der Waals surface area contributed by atoms with Gasteiger partial charge in [-0.2, -0.15) is 13.2 Å². The Balaban J connectivity index is 1.12. The number of nitrogens with zero attached hydrogens (tertiary/aromatic N) is 7. The summed E-state index contributed by atoms with van der Waals surface area (Å²) in [5.41, 5.74) is 7.96. The highest BCUT2D eigenvalue weighted by Crippen LogP contribution is 2.59. The van der Waals surface area contributed by atoms with Crippen LogP contribution in [0.25, 0.3) is 33.6 Å². The molecule has 11 nitrogen and oxygen atoms in total. The molecule has 4 unspecified atom stereocenters. The van der Waals surface area contributed by atoms with E-state index in [1.54, 1.807) is 30.5 Å². The normalized spacial score (nSPS) is 23.1. The van der Waals surface area contributed by atoms with Crippen LogP contribution in [-0.2, 0) is 6.18 Å². The van der Waals surface area contributed by atoms with E-state index in [0.29, 0.717) is 45.0 Å². The molecule has 212 valence electrons. The van der Waals surface area contributed by atoms with Gasteiger partial charge in [0.1, 0.15) is 17.9 Å². The fourth-order valence-electron chi connectivity index (χ4n) is 5.89. The lowest BCUT2D eigenvalue weighted by molar-refractivity contribution is -0.141. The third-order valence-corrected chi connectivity index (χ3v) is 8.15. The van der Waals surface area contributed by atoms with E-state index in [4.69, 9.17) is 26.9 Å². The molecular formula is C27H19ClF3N9O2. The van der Waals surface area contributed by atoms with Crippen molar-refractivity contribution in [2.24, 2.45) is 16.8 Å². The van der Waals surface area contributed by atoms with Crippen LogP contribution in [0.3, 0.4) is 0 Å². The first-order chi connectivity index (χ1) is 20.2. The molecule has 1 aliphatic carbocycles. The number of aliphatic hydroxyl groups excluding tert-OH is 1. The number of alkyl halides is 3. The minimum atomic E-state index is -4.64. The molecular weight excluding hydrogens is 575 g/mol. The van der Waals surface area contributed by atoms with E-state index in [9.17, 15) is 18.3 Å². The molecule has 0 bridgehead atoms. The van der Waals surface area contributed by atoms with Gasteiger partial charge in [-0.15, -0.1) is 5.10 Å². The number of nitrogen functional groups attached to an aromatic ring is 1. The molecule has 0 amide bonds. The van der Waals surface area contributed by atoms with Crippen molar-refractivity contribution in [3.63, 3.8) is 0 Å². The van der Waals surface area contributed by atoms with E-state index < -0.39 is 18.1 Å². The third kappa shape index (κ3) is 3.82. The van der Waals surface area contributed by atoms with E-state index in [1.165, 1.54) is 0 Å². The Bertz CT molecular complexity index is 1960. The number of halogens is 4. The molecule has 0 spiro atoms. The van der Waals surface area contributed by atoms with Crippen molar-refractivity contribution in [3.8, 4) is 16.9 Å². The Morgan fingerprint density at radius 3 is 2.83 bits per heavy atom. The van der Waals surface area contributed by atoms with Crippen LogP contribution in [0.5, 0.6) is 0 Å². The van der Waals surface area contributed by atoms with Crippen LogP contribution >= 0.6 is 11.6 Å². The van der Waals surface area contributed by atoms with Crippen LogP contribution in [0, 0.1) is 11.8 Å². The van der Waals surface area contributed by atoms with Gasteiger partial charge in [-0.3, -0.25) is 0 Å². The Labute approximate surface area is 239 Å². The number of anilines is 1. The first-order valence-electron chi connectivity index (χ1n) is 12.9. The summed E-state index contributed by atoms with van der Waals surface area (Å²) in [5, 5.41) is 23.2. The number of aromatic amines is 1. The molecule has 1 saturated carbocycles. The van der Waals surface area contributed by atoms with Gasteiger partial charge in [-0.05, 0) is 48.7 Å². The second kappa shape index (κ2) is 8.66. The SMILES string of the molecule is Nc1noc2cc(-c3cnc(C4C5CC5C5=NC(c6cc(Cl)ccc6-n6cc(C(F)(F)F)nn6)=CC(O)N54)[nH]3)ccc12. The van der Waals surface area contributed by atoms with Gasteiger partial charge in [-0.1, -0.05) is 28.0 Å². The second-order valence-electron chi connectivity index (χ2n) is 10.5. The highest BCUT2D eigenvalue weighted by molar-refractivity contribution is 6.30. The topological polar surface area (TPSA) is 147 Å². The van der Waals surface area contributed by atoms with Crippen LogP contribution < -0.4 is 5.73 Å². The minimum absolute atomic E-state index is 0.0984. The van der Waals surface area contributed by atoms with E-state index in [1.807, 2.05) is 23.1 Å². The van der Waals surface area contributed by atoms with Crippen molar-refractivity contribution < 1.29 is 22.8 Å². The lowest BCUT2D eigenvalue weighted by Gasteiger charge is -2.34. The summed E-state index contributed by atoms with van der Waals surface area (Å²) in [6.07, 6.45) is -0.775. The highest BCUT2D eigenvalue weighted by Gasteiger charge is 2.60. The number of aliphatic hydroxyl groups is 1. The van der Waals surface area contributed by atoms with Crippen molar-refractivity contribution >= 4 is 39.9 Å². The molecule has 15 heteroatoms. The molecule has 2 aromatic carbocycles. The van der Waals surface area contributed by atoms with Gasteiger partial charge in [0.2, 0.25) is 0 Å². The summed E-state index contributed by atoms with van der Waals surface area (Å²) in [6.45, 7) is 0. The number of rotatable bonds is 4. The fraction of sp³-hybridized carbons (Fsp3) is 0.222. The summed E-state index contributed by atoms with van der Waals surface area (Å²) >= 11 is 6.27. The van der Waals surface area contributed by atoms with Gasteiger partial charge in [-0.25, -0.2) is 14.7 Å². The molecule has 2 aliphatic heterocycles. The van der Waals surface area contributed by atoms with Crippen LogP contribution in [0.15, 0.2) is 64.4 Å². The number of benzene rings is 2. The molecule has 5 aromatic rings. The van der Waals surface area contributed by atoms with Gasteiger partial charge >= 0.3 is 6.18 Å². The Morgan fingerprint density at radius 1 is 1.17 bits per heavy atom. The number of fused-ring (bicyclic) bond motifs is 4. The van der Waals surface area contributed by atoms with Gasteiger partial charge in [0.15, 0.2) is 17.1 Å².